The summed E-state index contributed by atoms with van der Waals surface area (Å²) in [5, 5.41) is 7.84. The largest absolute Gasteiger partial charge is 0.368 e. The summed E-state index contributed by atoms with van der Waals surface area (Å²) in [7, 11) is -1.85. The summed E-state index contributed by atoms with van der Waals surface area (Å²) in [6, 6.07) is 18.7. The molecule has 0 radical (unpaired) electrons. The minimum atomic E-state index is -3.99. The summed E-state index contributed by atoms with van der Waals surface area (Å²) in [5.74, 6) is -0.510. The number of likely N-dealkylation sites (N-methyl/N-ethyl adjacent to an activating group) is 1. The first-order valence-electron chi connectivity index (χ1n) is 15.8. The van der Waals surface area contributed by atoms with Gasteiger partial charge in [-0.3, -0.25) is 9.89 Å². The van der Waals surface area contributed by atoms with E-state index in [2.05, 4.69) is 45.2 Å². The lowest BCUT2D eigenvalue weighted by atomic mass is 9.92. The molecule has 7 rings (SSSR count). The number of nitrogens with two attached hydrogens (primary N) is 1. The van der Waals surface area contributed by atoms with Gasteiger partial charge in [-0.15, -0.1) is 0 Å². The first-order valence-corrected chi connectivity index (χ1v) is 17.3. The van der Waals surface area contributed by atoms with E-state index in [-0.39, 0.29) is 4.90 Å². The summed E-state index contributed by atoms with van der Waals surface area (Å²) >= 11 is 0. The van der Waals surface area contributed by atoms with Crippen LogP contribution in [0.15, 0.2) is 90.3 Å². The van der Waals surface area contributed by atoms with Crippen LogP contribution in [0.1, 0.15) is 27.0 Å². The van der Waals surface area contributed by atoms with Crippen molar-refractivity contribution in [3.05, 3.63) is 108 Å². The monoisotopic (exact) mass is 659 g/mol. The maximum Gasteiger partial charge on any atom is 0.269 e. The Morgan fingerprint density at radius 1 is 0.812 bits per heavy atom. The molecular formula is C37H37N7O3S. The standard InChI is InChI=1S/C37H37N7O3S/c1-23-5-8-29(9-6-23)48(46,47)44-22-34(30-10-11-31(36(38)45)25(3)24(30)2)33-18-27(19-39-37(33)44)26-7-12-35(43-15-13-42(4)14-16-43)32(17-26)28-20-40-41-21-28/h5-12,17-22H,13-16H2,1-4H3,(H2,38,45)(H,40,41). The van der Waals surface area contributed by atoms with Gasteiger partial charge < -0.3 is 15.5 Å². The average molecular weight is 660 g/mol. The SMILES string of the molecule is Cc1ccc(S(=O)(=O)n2cc(-c3ccc(C(N)=O)c(C)c3C)c3cc(-c4ccc(N5CCN(C)CC5)c(-c5cn[nH]c5)c4)cnc32)cc1. The van der Waals surface area contributed by atoms with Crippen LogP contribution in [0.5, 0.6) is 0 Å². The highest BCUT2D eigenvalue weighted by Crippen LogP contribution is 2.39. The molecule has 3 aromatic heterocycles. The number of piperazine rings is 1. The van der Waals surface area contributed by atoms with Crippen LogP contribution >= 0.6 is 0 Å². The first kappa shape index (κ1) is 31.3. The van der Waals surface area contributed by atoms with Gasteiger partial charge in [0.05, 0.1) is 11.1 Å². The average Bonchev–Trinajstić information content (AvgIpc) is 3.75. The summed E-state index contributed by atoms with van der Waals surface area (Å²) < 4.78 is 29.4. The molecule has 6 aromatic rings. The van der Waals surface area contributed by atoms with E-state index in [4.69, 9.17) is 10.7 Å². The molecule has 244 valence electrons. The summed E-state index contributed by atoms with van der Waals surface area (Å²) in [5.41, 5.74) is 15.4. The summed E-state index contributed by atoms with van der Waals surface area (Å²) in [4.78, 5) is 21.8. The van der Waals surface area contributed by atoms with Crippen molar-refractivity contribution in [1.29, 1.82) is 0 Å². The number of H-pyrrole nitrogens is 1. The van der Waals surface area contributed by atoms with Gasteiger partial charge in [-0.25, -0.2) is 17.4 Å². The smallest absolute Gasteiger partial charge is 0.269 e. The van der Waals surface area contributed by atoms with Crippen molar-refractivity contribution < 1.29 is 13.2 Å². The number of nitrogens with zero attached hydrogens (tertiary/aromatic N) is 5. The van der Waals surface area contributed by atoms with Crippen molar-refractivity contribution in [2.75, 3.05) is 38.1 Å². The van der Waals surface area contributed by atoms with E-state index in [0.717, 1.165) is 76.4 Å². The lowest BCUT2D eigenvalue weighted by Crippen LogP contribution is -2.44. The van der Waals surface area contributed by atoms with Gasteiger partial charge in [-0.1, -0.05) is 29.8 Å². The van der Waals surface area contributed by atoms with Crippen LogP contribution in [0.4, 0.5) is 5.69 Å². The number of aromatic amines is 1. The number of aromatic nitrogens is 4. The molecule has 11 heteroatoms. The van der Waals surface area contributed by atoms with Crippen LogP contribution in [0.2, 0.25) is 0 Å². The van der Waals surface area contributed by atoms with E-state index in [1.54, 1.807) is 42.7 Å². The Morgan fingerprint density at radius 2 is 1.56 bits per heavy atom. The molecule has 0 aliphatic carbocycles. The highest BCUT2D eigenvalue weighted by molar-refractivity contribution is 7.90. The van der Waals surface area contributed by atoms with Crippen LogP contribution in [0.3, 0.4) is 0 Å². The van der Waals surface area contributed by atoms with Gasteiger partial charge >= 0.3 is 0 Å². The van der Waals surface area contributed by atoms with Crippen LogP contribution in [-0.4, -0.2) is 71.6 Å². The van der Waals surface area contributed by atoms with Gasteiger partial charge in [-0.2, -0.15) is 5.10 Å². The van der Waals surface area contributed by atoms with Crippen LogP contribution in [0, 0.1) is 20.8 Å². The number of nitrogens with one attached hydrogen (secondary N) is 1. The Bertz CT molecular complexity index is 2280. The maximum absolute atomic E-state index is 14.1. The van der Waals surface area contributed by atoms with Crippen molar-refractivity contribution in [2.45, 2.75) is 25.7 Å². The van der Waals surface area contributed by atoms with E-state index in [0.29, 0.717) is 22.2 Å². The number of carbonyl (C=O) groups is 1. The Hall–Kier alpha value is -5.26. The molecule has 1 aliphatic heterocycles. The highest BCUT2D eigenvalue weighted by Gasteiger charge is 2.25. The second kappa shape index (κ2) is 12.1. The number of pyridine rings is 1. The normalized spacial score (nSPS) is 14.1. The highest BCUT2D eigenvalue weighted by atomic mass is 32.2. The van der Waals surface area contributed by atoms with Gasteiger partial charge in [-0.05, 0) is 86.5 Å². The fourth-order valence-electron chi connectivity index (χ4n) is 6.51. The van der Waals surface area contributed by atoms with E-state index in [1.165, 1.54) is 3.97 Å². The lowest BCUT2D eigenvalue weighted by Gasteiger charge is -2.35. The Kier molecular flexibility index (Phi) is 7.89. The van der Waals surface area contributed by atoms with Gasteiger partial charge in [0.1, 0.15) is 0 Å². The Morgan fingerprint density at radius 3 is 2.25 bits per heavy atom. The number of primary amides is 1. The van der Waals surface area contributed by atoms with E-state index >= 15 is 0 Å². The number of aryl methyl sites for hydroxylation is 1. The Balaban J connectivity index is 1.42. The molecule has 0 saturated carbocycles. The number of hydrogen-bond acceptors (Lipinski definition) is 7. The molecule has 0 unspecified atom stereocenters. The molecule has 1 aliphatic rings. The molecule has 3 aromatic carbocycles. The molecule has 1 fully saturated rings. The second-order valence-electron chi connectivity index (χ2n) is 12.5. The third-order valence-electron chi connectivity index (χ3n) is 9.52. The number of hydrogen-bond donors (Lipinski definition) is 2. The van der Waals surface area contributed by atoms with Gasteiger partial charge in [0, 0.05) is 83.7 Å². The lowest BCUT2D eigenvalue weighted by molar-refractivity contribution is 0.0999. The number of fused-ring (bicyclic) bond motifs is 1. The topological polar surface area (TPSA) is 130 Å². The number of anilines is 1. The fourth-order valence-corrected chi connectivity index (χ4v) is 7.83. The predicted octanol–water partition coefficient (Wildman–Crippen LogP) is 5.77. The van der Waals surface area contributed by atoms with Crippen LogP contribution in [-0.2, 0) is 10.0 Å². The molecule has 10 nitrogen and oxygen atoms in total. The van der Waals surface area contributed by atoms with Gasteiger partial charge in [0.2, 0.25) is 5.91 Å². The second-order valence-corrected chi connectivity index (χ2v) is 14.4. The van der Waals surface area contributed by atoms with Gasteiger partial charge in [0.15, 0.2) is 5.65 Å². The van der Waals surface area contributed by atoms with Crippen molar-refractivity contribution in [3.63, 3.8) is 0 Å². The fraction of sp³-hybridized carbons (Fsp3) is 0.216. The van der Waals surface area contributed by atoms with Crippen molar-refractivity contribution in [1.82, 2.24) is 24.1 Å². The zero-order valence-electron chi connectivity index (χ0n) is 27.4. The van der Waals surface area contributed by atoms with E-state index in [9.17, 15) is 13.2 Å². The molecule has 1 amide bonds. The van der Waals surface area contributed by atoms with E-state index in [1.807, 2.05) is 45.3 Å². The summed E-state index contributed by atoms with van der Waals surface area (Å²) in [6.45, 7) is 9.50. The minimum absolute atomic E-state index is 0.170. The van der Waals surface area contributed by atoms with Crippen LogP contribution < -0.4 is 10.6 Å². The quantitative estimate of drug-likeness (QED) is 0.223. The summed E-state index contributed by atoms with van der Waals surface area (Å²) in [6.07, 6.45) is 7.09. The molecule has 4 heterocycles. The van der Waals surface area contributed by atoms with Gasteiger partial charge in [0.25, 0.3) is 10.0 Å². The van der Waals surface area contributed by atoms with Crippen molar-refractivity contribution in [3.8, 4) is 33.4 Å². The van der Waals surface area contributed by atoms with Crippen LogP contribution in [0.25, 0.3) is 44.4 Å². The molecule has 48 heavy (non-hydrogen) atoms. The molecule has 0 atom stereocenters. The van der Waals surface area contributed by atoms with Crippen molar-refractivity contribution in [2.24, 2.45) is 5.73 Å². The number of benzene rings is 3. The molecule has 3 N–H and O–H groups in total. The molecule has 1 saturated heterocycles. The van der Waals surface area contributed by atoms with Crippen molar-refractivity contribution >= 4 is 32.7 Å². The third-order valence-corrected chi connectivity index (χ3v) is 11.2. The zero-order valence-corrected chi connectivity index (χ0v) is 28.2. The molecule has 0 bridgehead atoms. The number of rotatable bonds is 7. The first-order chi connectivity index (χ1) is 23.0. The Labute approximate surface area is 279 Å². The molecule has 0 spiro atoms. The number of carbonyl (C=O) groups excluding carboxylic acids is 1. The predicted molar refractivity (Wildman–Crippen MR) is 190 cm³/mol. The third kappa shape index (κ3) is 5.44. The zero-order chi connectivity index (χ0) is 33.7. The van der Waals surface area contributed by atoms with E-state index < -0.39 is 15.9 Å². The molecular weight excluding hydrogens is 623 g/mol. The maximum atomic E-state index is 14.1. The minimum Gasteiger partial charge on any atom is -0.368 e. The number of amides is 1.